The van der Waals surface area contributed by atoms with Crippen molar-refractivity contribution in [2.24, 2.45) is 7.05 Å². The molecule has 1 aromatic heterocycles. The van der Waals surface area contributed by atoms with Crippen LogP contribution in [-0.2, 0) is 16.9 Å². The van der Waals surface area contributed by atoms with Crippen LogP contribution in [-0.4, -0.2) is 23.3 Å². The number of sulfone groups is 1. The Kier molecular flexibility index (Phi) is 4.13. The average Bonchev–Trinajstić information content (AvgIpc) is 3.06. The minimum absolute atomic E-state index is 0.0549. The molecule has 0 amide bonds. The second-order valence-corrected chi connectivity index (χ2v) is 8.15. The molecule has 0 aliphatic rings. The molecule has 0 saturated heterocycles. The van der Waals surface area contributed by atoms with Crippen molar-refractivity contribution in [3.05, 3.63) is 77.3 Å². The summed E-state index contributed by atoms with van der Waals surface area (Å²) in [7, 11) is -2.47. The van der Waals surface area contributed by atoms with Gasteiger partial charge in [0, 0.05) is 17.8 Å². The molecule has 0 fully saturated rings. The minimum atomic E-state index is -4.18. The molecule has 0 saturated carbocycles. The van der Waals surface area contributed by atoms with E-state index in [0.717, 1.165) is 16.3 Å². The largest absolute Gasteiger partial charge is 0.504 e. The Labute approximate surface area is 161 Å². The van der Waals surface area contributed by atoms with Gasteiger partial charge in [0.05, 0.1) is 10.4 Å². The Morgan fingerprint density at radius 2 is 1.68 bits per heavy atom. The Bertz CT molecular complexity index is 1400. The van der Waals surface area contributed by atoms with Crippen molar-refractivity contribution in [1.82, 2.24) is 9.78 Å². The van der Waals surface area contributed by atoms with Crippen molar-refractivity contribution in [3.8, 4) is 6.07 Å². The van der Waals surface area contributed by atoms with Gasteiger partial charge in [0.2, 0.25) is 9.84 Å². The maximum absolute atomic E-state index is 12.9. The molecular formula is C21H15N3O3S. The molecule has 0 radical (unpaired) electrons. The Morgan fingerprint density at radius 1 is 1.00 bits per heavy atom. The number of allylic oxidation sites excluding steroid dienone is 1. The second-order valence-electron chi connectivity index (χ2n) is 6.26. The number of aliphatic hydroxyl groups is 1. The molecule has 28 heavy (non-hydrogen) atoms. The number of aryl methyl sites for hydroxylation is 1. The first-order valence-corrected chi connectivity index (χ1v) is 9.92. The second kappa shape index (κ2) is 6.51. The van der Waals surface area contributed by atoms with Gasteiger partial charge < -0.3 is 5.11 Å². The van der Waals surface area contributed by atoms with E-state index in [1.165, 1.54) is 12.1 Å². The predicted molar refractivity (Wildman–Crippen MR) is 107 cm³/mol. The summed E-state index contributed by atoms with van der Waals surface area (Å²) in [5, 5.41) is 27.1. The van der Waals surface area contributed by atoms with Crippen LogP contribution in [0.15, 0.2) is 76.5 Å². The standard InChI is InChI=1S/C21H15N3O3S/c1-24-20-16-10-6-5-7-14(16)11-12-17(20)19(23-24)21(25)18(13-22)28(26,27)15-8-3-2-4-9-15/h2-12,25H,1H3/b21-18-. The van der Waals surface area contributed by atoms with Crippen molar-refractivity contribution in [1.29, 1.82) is 5.26 Å². The summed E-state index contributed by atoms with van der Waals surface area (Å²) < 4.78 is 27.3. The van der Waals surface area contributed by atoms with Crippen molar-refractivity contribution < 1.29 is 13.5 Å². The minimum Gasteiger partial charge on any atom is -0.504 e. The maximum Gasteiger partial charge on any atom is 0.220 e. The fraction of sp³-hybridized carbons (Fsp3) is 0.0476. The third kappa shape index (κ3) is 2.63. The van der Waals surface area contributed by atoms with Gasteiger partial charge in [-0.2, -0.15) is 10.4 Å². The Morgan fingerprint density at radius 3 is 2.39 bits per heavy atom. The number of fused-ring (bicyclic) bond motifs is 3. The summed E-state index contributed by atoms with van der Waals surface area (Å²) >= 11 is 0. The number of hydrogen-bond acceptors (Lipinski definition) is 5. The lowest BCUT2D eigenvalue weighted by Gasteiger charge is -2.05. The lowest BCUT2D eigenvalue weighted by atomic mass is 10.1. The number of benzene rings is 3. The van der Waals surface area contributed by atoms with Crippen LogP contribution in [0.3, 0.4) is 0 Å². The van der Waals surface area contributed by atoms with Gasteiger partial charge >= 0.3 is 0 Å². The normalized spacial score (nSPS) is 12.7. The van der Waals surface area contributed by atoms with Crippen molar-refractivity contribution in [2.45, 2.75) is 4.90 Å². The van der Waals surface area contributed by atoms with Crippen LogP contribution in [0.2, 0.25) is 0 Å². The number of rotatable bonds is 3. The zero-order valence-corrected chi connectivity index (χ0v) is 15.7. The van der Waals surface area contributed by atoms with Crippen LogP contribution in [0.1, 0.15) is 5.69 Å². The van der Waals surface area contributed by atoms with E-state index in [4.69, 9.17) is 0 Å². The van der Waals surface area contributed by atoms with Gasteiger partial charge in [-0.15, -0.1) is 0 Å². The molecular weight excluding hydrogens is 374 g/mol. The number of nitriles is 1. The molecule has 0 unspecified atom stereocenters. The van der Waals surface area contributed by atoms with E-state index >= 15 is 0 Å². The van der Waals surface area contributed by atoms with Crippen molar-refractivity contribution in [2.75, 3.05) is 0 Å². The molecule has 1 N–H and O–H groups in total. The van der Waals surface area contributed by atoms with E-state index in [0.29, 0.717) is 5.39 Å². The van der Waals surface area contributed by atoms with Crippen LogP contribution >= 0.6 is 0 Å². The summed E-state index contributed by atoms with van der Waals surface area (Å²) in [6.45, 7) is 0. The van der Waals surface area contributed by atoms with Gasteiger partial charge in [-0.05, 0) is 23.6 Å². The molecule has 6 nitrogen and oxygen atoms in total. The van der Waals surface area contributed by atoms with E-state index in [1.54, 1.807) is 42.1 Å². The number of hydrogen-bond donors (Lipinski definition) is 1. The summed E-state index contributed by atoms with van der Waals surface area (Å²) in [6, 6.07) is 20.5. The molecule has 0 aliphatic heterocycles. The zero-order chi connectivity index (χ0) is 19.9. The van der Waals surface area contributed by atoms with Crippen LogP contribution in [0.5, 0.6) is 0 Å². The van der Waals surface area contributed by atoms with Gasteiger partial charge in [0.1, 0.15) is 11.8 Å². The topological polar surface area (TPSA) is 96.0 Å². The fourth-order valence-electron chi connectivity index (χ4n) is 3.29. The van der Waals surface area contributed by atoms with Gasteiger partial charge in [-0.1, -0.05) is 48.5 Å². The first-order valence-electron chi connectivity index (χ1n) is 8.43. The SMILES string of the molecule is Cn1nc(/C(O)=C(\C#N)S(=O)(=O)c2ccccc2)c2ccc3ccccc3c21. The molecule has 7 heteroatoms. The Balaban J connectivity index is 2.01. The van der Waals surface area contributed by atoms with Gasteiger partial charge in [0.25, 0.3) is 0 Å². The highest BCUT2D eigenvalue weighted by Crippen LogP contribution is 2.32. The Hall–Kier alpha value is -3.63. The molecule has 4 aromatic rings. The molecule has 1 heterocycles. The third-order valence-corrected chi connectivity index (χ3v) is 6.31. The smallest absolute Gasteiger partial charge is 0.220 e. The van der Waals surface area contributed by atoms with Gasteiger partial charge in [-0.25, -0.2) is 8.42 Å². The summed E-state index contributed by atoms with van der Waals surface area (Å²) in [5.74, 6) is -0.660. The quantitative estimate of drug-likeness (QED) is 0.423. The molecule has 4 rings (SSSR count). The van der Waals surface area contributed by atoms with E-state index in [9.17, 15) is 18.8 Å². The van der Waals surface area contributed by atoms with Crippen LogP contribution in [0.25, 0.3) is 27.4 Å². The summed E-state index contributed by atoms with van der Waals surface area (Å²) in [5.41, 5.74) is 0.799. The van der Waals surface area contributed by atoms with Crippen LogP contribution in [0, 0.1) is 11.3 Å². The molecule has 0 atom stereocenters. The maximum atomic E-state index is 12.9. The van der Waals surface area contributed by atoms with Crippen LogP contribution in [0.4, 0.5) is 0 Å². The summed E-state index contributed by atoms with van der Waals surface area (Å²) in [6.07, 6.45) is 0. The molecule has 138 valence electrons. The lowest BCUT2D eigenvalue weighted by Crippen LogP contribution is -2.07. The molecule has 0 aliphatic carbocycles. The fourth-order valence-corrected chi connectivity index (χ4v) is 4.51. The monoisotopic (exact) mass is 389 g/mol. The highest BCUT2D eigenvalue weighted by Gasteiger charge is 2.28. The molecule has 0 bridgehead atoms. The van der Waals surface area contributed by atoms with E-state index in [2.05, 4.69) is 5.10 Å². The lowest BCUT2D eigenvalue weighted by molar-refractivity contribution is 0.505. The van der Waals surface area contributed by atoms with E-state index < -0.39 is 20.5 Å². The van der Waals surface area contributed by atoms with Crippen molar-refractivity contribution in [3.63, 3.8) is 0 Å². The molecule has 0 spiro atoms. The first-order chi connectivity index (χ1) is 13.4. The van der Waals surface area contributed by atoms with Crippen LogP contribution < -0.4 is 0 Å². The van der Waals surface area contributed by atoms with E-state index in [1.807, 2.05) is 30.3 Å². The predicted octanol–water partition coefficient (Wildman–Crippen LogP) is 3.95. The van der Waals surface area contributed by atoms with E-state index in [-0.39, 0.29) is 10.6 Å². The average molecular weight is 389 g/mol. The number of aromatic nitrogens is 2. The zero-order valence-electron chi connectivity index (χ0n) is 14.9. The highest BCUT2D eigenvalue weighted by atomic mass is 32.2. The number of aliphatic hydroxyl groups excluding tert-OH is 1. The van der Waals surface area contributed by atoms with Crippen molar-refractivity contribution >= 4 is 37.3 Å². The molecule has 3 aromatic carbocycles. The third-order valence-electron chi connectivity index (χ3n) is 4.59. The highest BCUT2D eigenvalue weighted by molar-refractivity contribution is 7.95. The van der Waals surface area contributed by atoms with Gasteiger partial charge in [0.15, 0.2) is 10.7 Å². The first kappa shape index (κ1) is 17.8. The number of nitrogens with zero attached hydrogens (tertiary/aromatic N) is 3. The summed E-state index contributed by atoms with van der Waals surface area (Å²) in [4.78, 5) is -0.796. The van der Waals surface area contributed by atoms with Gasteiger partial charge in [-0.3, -0.25) is 4.68 Å².